The molecule has 0 aliphatic heterocycles. The number of hydrogen-bond acceptors (Lipinski definition) is 3. The second-order valence-corrected chi connectivity index (χ2v) is 4.32. The van der Waals surface area contributed by atoms with Gasteiger partial charge in [0.2, 0.25) is 0 Å². The van der Waals surface area contributed by atoms with Crippen molar-refractivity contribution in [1.29, 1.82) is 0 Å². The lowest BCUT2D eigenvalue weighted by molar-refractivity contribution is 0.603. The van der Waals surface area contributed by atoms with Gasteiger partial charge in [0.1, 0.15) is 5.82 Å². The van der Waals surface area contributed by atoms with Gasteiger partial charge in [-0.1, -0.05) is 26.0 Å². The van der Waals surface area contributed by atoms with Crippen LogP contribution in [0.2, 0.25) is 0 Å². The number of para-hydroxylation sites is 1. The summed E-state index contributed by atoms with van der Waals surface area (Å²) in [5, 5.41) is 0.567. The van der Waals surface area contributed by atoms with Crippen molar-refractivity contribution in [3.8, 4) is 0 Å². The molecule has 1 aromatic heterocycles. The molecule has 0 radical (unpaired) electrons. The number of nitrogens with zero attached hydrogens (tertiary/aromatic N) is 2. The summed E-state index contributed by atoms with van der Waals surface area (Å²) in [6.07, 6.45) is 0.705. The molecule has 16 heavy (non-hydrogen) atoms. The molecule has 84 valence electrons. The average molecular weight is 217 g/mol. The third kappa shape index (κ3) is 1.78. The smallest absolute Gasteiger partial charge is 0.280 e. The molecule has 0 unspecified atom stereocenters. The van der Waals surface area contributed by atoms with Crippen LogP contribution in [0.25, 0.3) is 10.9 Å². The molecule has 0 amide bonds. The number of aromatic nitrogens is 2. The van der Waals surface area contributed by atoms with Crippen LogP contribution in [0, 0.1) is 5.92 Å². The number of nitrogen functional groups attached to an aromatic ring is 1. The largest absolute Gasteiger partial charge is 0.337 e. The van der Waals surface area contributed by atoms with Gasteiger partial charge in [0.15, 0.2) is 0 Å². The van der Waals surface area contributed by atoms with Crippen molar-refractivity contribution in [2.24, 2.45) is 5.92 Å². The van der Waals surface area contributed by atoms with E-state index in [-0.39, 0.29) is 5.56 Å². The van der Waals surface area contributed by atoms with E-state index in [1.165, 1.54) is 4.68 Å². The summed E-state index contributed by atoms with van der Waals surface area (Å²) in [7, 11) is 0. The number of rotatable bonds is 2. The maximum atomic E-state index is 11.8. The van der Waals surface area contributed by atoms with Crippen LogP contribution in [-0.4, -0.2) is 9.66 Å². The molecule has 1 aromatic carbocycles. The van der Waals surface area contributed by atoms with E-state index in [1.54, 1.807) is 6.07 Å². The van der Waals surface area contributed by atoms with Gasteiger partial charge in [-0.05, 0) is 18.1 Å². The quantitative estimate of drug-likeness (QED) is 0.771. The molecule has 2 aromatic rings. The van der Waals surface area contributed by atoms with Crippen molar-refractivity contribution in [2.75, 3.05) is 5.84 Å². The Morgan fingerprint density at radius 1 is 1.38 bits per heavy atom. The molecule has 0 atom stereocenters. The van der Waals surface area contributed by atoms with E-state index in [2.05, 4.69) is 18.8 Å². The maximum Gasteiger partial charge on any atom is 0.280 e. The number of hydrogen-bond donors (Lipinski definition) is 1. The topological polar surface area (TPSA) is 60.9 Å². The van der Waals surface area contributed by atoms with Crippen molar-refractivity contribution in [1.82, 2.24) is 9.66 Å². The van der Waals surface area contributed by atoms with E-state index < -0.39 is 0 Å². The first-order valence-corrected chi connectivity index (χ1v) is 5.35. The van der Waals surface area contributed by atoms with Gasteiger partial charge >= 0.3 is 0 Å². The van der Waals surface area contributed by atoms with Crippen LogP contribution < -0.4 is 11.4 Å². The molecule has 0 bridgehead atoms. The Bertz CT molecular complexity index is 572. The Balaban J connectivity index is 2.70. The second-order valence-electron chi connectivity index (χ2n) is 4.32. The lowest BCUT2D eigenvalue weighted by Gasteiger charge is -2.11. The van der Waals surface area contributed by atoms with Gasteiger partial charge in [-0.15, -0.1) is 0 Å². The summed E-state index contributed by atoms with van der Waals surface area (Å²) in [6.45, 7) is 4.14. The maximum absolute atomic E-state index is 11.8. The Kier molecular flexibility index (Phi) is 2.64. The zero-order valence-corrected chi connectivity index (χ0v) is 9.47. The van der Waals surface area contributed by atoms with Gasteiger partial charge in [0.05, 0.1) is 10.9 Å². The molecule has 0 aliphatic carbocycles. The molecule has 0 saturated heterocycles. The molecule has 0 aliphatic rings. The third-order valence-electron chi connectivity index (χ3n) is 2.49. The summed E-state index contributed by atoms with van der Waals surface area (Å²) in [5.74, 6) is 7.01. The number of fused-ring (bicyclic) bond motifs is 1. The van der Waals surface area contributed by atoms with E-state index in [1.807, 2.05) is 18.2 Å². The Labute approximate surface area is 93.7 Å². The van der Waals surface area contributed by atoms with Crippen LogP contribution in [0.5, 0.6) is 0 Å². The molecule has 1 heterocycles. The van der Waals surface area contributed by atoms with E-state index in [9.17, 15) is 4.79 Å². The predicted molar refractivity (Wildman–Crippen MR) is 64.7 cm³/mol. The normalized spacial score (nSPS) is 11.2. The highest BCUT2D eigenvalue weighted by atomic mass is 16.1. The fourth-order valence-electron chi connectivity index (χ4n) is 1.74. The van der Waals surface area contributed by atoms with E-state index >= 15 is 0 Å². The molecule has 0 fully saturated rings. The van der Waals surface area contributed by atoms with Gasteiger partial charge in [0, 0.05) is 6.42 Å². The zero-order chi connectivity index (χ0) is 11.7. The van der Waals surface area contributed by atoms with Gasteiger partial charge in [-0.2, -0.15) is 4.98 Å². The molecular weight excluding hydrogens is 202 g/mol. The van der Waals surface area contributed by atoms with Crippen LogP contribution >= 0.6 is 0 Å². The molecule has 0 saturated carbocycles. The van der Waals surface area contributed by atoms with E-state index in [4.69, 9.17) is 5.84 Å². The van der Waals surface area contributed by atoms with Crippen LogP contribution in [0.1, 0.15) is 19.7 Å². The predicted octanol–water partition coefficient (Wildman–Crippen LogP) is 1.31. The molecule has 2 rings (SSSR count). The van der Waals surface area contributed by atoms with Crippen LogP contribution in [0.15, 0.2) is 29.1 Å². The summed E-state index contributed by atoms with van der Waals surface area (Å²) in [6, 6.07) is 7.26. The van der Waals surface area contributed by atoms with E-state index in [0.717, 1.165) is 5.52 Å². The molecule has 0 spiro atoms. The number of benzene rings is 1. The highest BCUT2D eigenvalue weighted by Crippen LogP contribution is 2.10. The molecule has 4 nitrogen and oxygen atoms in total. The monoisotopic (exact) mass is 217 g/mol. The third-order valence-corrected chi connectivity index (χ3v) is 2.49. The van der Waals surface area contributed by atoms with Crippen molar-refractivity contribution in [2.45, 2.75) is 20.3 Å². The summed E-state index contributed by atoms with van der Waals surface area (Å²) < 4.78 is 1.51. The minimum Gasteiger partial charge on any atom is -0.337 e. The lowest BCUT2D eigenvalue weighted by Crippen LogP contribution is -2.24. The van der Waals surface area contributed by atoms with Gasteiger partial charge in [-0.25, -0.2) is 4.68 Å². The standard InChI is InChI=1S/C12H15N3O/c1-8(2)7-11-14-12(16)9-5-3-4-6-10(9)15(11)13/h3-6,8H,7,13H2,1-2H3. The Hall–Kier alpha value is -1.84. The van der Waals surface area contributed by atoms with Crippen molar-refractivity contribution >= 4 is 10.9 Å². The first kappa shape index (κ1) is 10.7. The van der Waals surface area contributed by atoms with Crippen LogP contribution in [0.3, 0.4) is 0 Å². The SMILES string of the molecule is CC(C)Cc1nc(=O)c2ccccc2n1N. The second kappa shape index (κ2) is 3.96. The van der Waals surface area contributed by atoms with Gasteiger partial charge in [-0.3, -0.25) is 4.79 Å². The minimum absolute atomic E-state index is 0.201. The highest BCUT2D eigenvalue weighted by molar-refractivity contribution is 5.78. The average Bonchev–Trinajstić information content (AvgIpc) is 2.25. The Morgan fingerprint density at radius 3 is 2.75 bits per heavy atom. The van der Waals surface area contributed by atoms with E-state index in [0.29, 0.717) is 23.5 Å². The van der Waals surface area contributed by atoms with Crippen LogP contribution in [0.4, 0.5) is 0 Å². The van der Waals surface area contributed by atoms with Crippen molar-refractivity contribution in [3.63, 3.8) is 0 Å². The summed E-state index contributed by atoms with van der Waals surface area (Å²) in [4.78, 5) is 15.8. The molecule has 2 N–H and O–H groups in total. The first-order chi connectivity index (χ1) is 7.59. The minimum atomic E-state index is -0.201. The van der Waals surface area contributed by atoms with Crippen molar-refractivity contribution < 1.29 is 0 Å². The van der Waals surface area contributed by atoms with Gasteiger partial charge < -0.3 is 5.84 Å². The zero-order valence-electron chi connectivity index (χ0n) is 9.47. The Morgan fingerprint density at radius 2 is 2.06 bits per heavy atom. The fourth-order valence-corrected chi connectivity index (χ4v) is 1.74. The fraction of sp³-hybridized carbons (Fsp3) is 0.333. The number of nitrogens with two attached hydrogens (primary N) is 1. The van der Waals surface area contributed by atoms with Crippen LogP contribution in [-0.2, 0) is 6.42 Å². The van der Waals surface area contributed by atoms with Crippen molar-refractivity contribution in [3.05, 3.63) is 40.4 Å². The summed E-state index contributed by atoms with van der Waals surface area (Å²) >= 11 is 0. The molecule has 4 heteroatoms. The first-order valence-electron chi connectivity index (χ1n) is 5.35. The van der Waals surface area contributed by atoms with Gasteiger partial charge in [0.25, 0.3) is 5.56 Å². The summed E-state index contributed by atoms with van der Waals surface area (Å²) in [5.41, 5.74) is 0.533. The lowest BCUT2D eigenvalue weighted by atomic mass is 10.1. The highest BCUT2D eigenvalue weighted by Gasteiger charge is 2.09. The molecular formula is C12H15N3O.